The third-order valence-electron chi connectivity index (χ3n) is 4.83. The van der Waals surface area contributed by atoms with Crippen LogP contribution in [0.2, 0.25) is 0 Å². The van der Waals surface area contributed by atoms with Crippen LogP contribution >= 0.6 is 0 Å². The molecule has 0 aliphatic carbocycles. The second-order valence-electron chi connectivity index (χ2n) is 6.67. The molecule has 1 fully saturated rings. The summed E-state index contributed by atoms with van der Waals surface area (Å²) in [5, 5.41) is 0. The maximum Gasteiger partial charge on any atom is 0.416 e. The van der Waals surface area contributed by atoms with Crippen molar-refractivity contribution in [2.45, 2.75) is 26.1 Å². The van der Waals surface area contributed by atoms with Gasteiger partial charge in [-0.05, 0) is 62.4 Å². The number of benzene rings is 2. The lowest BCUT2D eigenvalue weighted by Crippen LogP contribution is -2.57. The fourth-order valence-corrected chi connectivity index (χ4v) is 3.26. The van der Waals surface area contributed by atoms with Gasteiger partial charge in [-0.15, -0.1) is 0 Å². The number of hydrogen-bond acceptors (Lipinski definition) is 3. The number of anilines is 1. The van der Waals surface area contributed by atoms with Crippen LogP contribution in [0.15, 0.2) is 48.5 Å². The van der Waals surface area contributed by atoms with Crippen LogP contribution in [-0.2, 0) is 11.0 Å². The largest absolute Gasteiger partial charge is 0.494 e. The maximum atomic E-state index is 12.8. The van der Waals surface area contributed by atoms with Gasteiger partial charge in [-0.1, -0.05) is 0 Å². The first-order valence-electron chi connectivity index (χ1n) is 9.25. The number of halogens is 3. The number of ether oxygens (including phenoxy) is 1. The molecule has 3 rings (SSSR count). The van der Waals surface area contributed by atoms with E-state index in [0.717, 1.165) is 24.3 Å². The molecule has 2 aromatic carbocycles. The standard InChI is InChI=1S/C21H21F3N2O3/c1-3-29-18-10-8-17(9-11-18)26-13-12-25(14(2)19(26)27)20(28)15-4-6-16(7-5-15)21(22,23)24/h4-11,14H,3,12-13H2,1-2H3/t14-/m0/s1. The third-order valence-corrected chi connectivity index (χ3v) is 4.83. The van der Waals surface area contributed by atoms with Crippen LogP contribution in [0, 0.1) is 0 Å². The van der Waals surface area contributed by atoms with Crippen LogP contribution in [0.25, 0.3) is 0 Å². The van der Waals surface area contributed by atoms with Crippen LogP contribution in [0.3, 0.4) is 0 Å². The zero-order chi connectivity index (χ0) is 21.2. The number of carbonyl (C=O) groups excluding carboxylic acids is 2. The number of carbonyl (C=O) groups is 2. The van der Waals surface area contributed by atoms with Gasteiger partial charge in [0, 0.05) is 24.3 Å². The second-order valence-corrected chi connectivity index (χ2v) is 6.67. The molecule has 0 unspecified atom stereocenters. The summed E-state index contributed by atoms with van der Waals surface area (Å²) in [6.45, 7) is 4.61. The predicted octanol–water partition coefficient (Wildman–Crippen LogP) is 3.98. The molecule has 29 heavy (non-hydrogen) atoms. The summed E-state index contributed by atoms with van der Waals surface area (Å²) in [4.78, 5) is 28.5. The Morgan fingerprint density at radius 3 is 2.24 bits per heavy atom. The van der Waals surface area contributed by atoms with Gasteiger partial charge < -0.3 is 14.5 Å². The Kier molecular flexibility index (Phi) is 5.81. The Hall–Kier alpha value is -3.03. The van der Waals surface area contributed by atoms with Crippen LogP contribution < -0.4 is 9.64 Å². The van der Waals surface area contributed by atoms with Crippen molar-refractivity contribution in [2.75, 3.05) is 24.6 Å². The Morgan fingerprint density at radius 1 is 1.07 bits per heavy atom. The lowest BCUT2D eigenvalue weighted by molar-refractivity contribution is -0.137. The van der Waals surface area contributed by atoms with Gasteiger partial charge in [0.25, 0.3) is 5.91 Å². The molecule has 2 amide bonds. The summed E-state index contributed by atoms with van der Waals surface area (Å²) >= 11 is 0. The Bertz CT molecular complexity index is 880. The van der Waals surface area contributed by atoms with Gasteiger partial charge in [0.05, 0.1) is 12.2 Å². The number of piperazine rings is 1. The minimum absolute atomic E-state index is 0.118. The van der Waals surface area contributed by atoms with E-state index in [1.807, 2.05) is 6.92 Å². The van der Waals surface area contributed by atoms with Crippen molar-refractivity contribution in [1.82, 2.24) is 4.90 Å². The van der Waals surface area contributed by atoms with Crippen molar-refractivity contribution in [3.8, 4) is 5.75 Å². The van der Waals surface area contributed by atoms with Crippen LogP contribution in [0.5, 0.6) is 5.75 Å². The molecule has 0 saturated carbocycles. The normalized spacial score (nSPS) is 17.4. The highest BCUT2D eigenvalue weighted by atomic mass is 19.4. The Balaban J connectivity index is 1.72. The van der Waals surface area contributed by atoms with Crippen molar-refractivity contribution >= 4 is 17.5 Å². The van der Waals surface area contributed by atoms with Gasteiger partial charge in [0.2, 0.25) is 5.91 Å². The zero-order valence-corrected chi connectivity index (χ0v) is 16.1. The van der Waals surface area contributed by atoms with Crippen molar-refractivity contribution in [3.63, 3.8) is 0 Å². The Morgan fingerprint density at radius 2 is 1.69 bits per heavy atom. The molecule has 1 aliphatic heterocycles. The molecule has 0 radical (unpaired) electrons. The lowest BCUT2D eigenvalue weighted by atomic mass is 10.1. The highest BCUT2D eigenvalue weighted by Gasteiger charge is 2.36. The molecule has 0 N–H and O–H groups in total. The van der Waals surface area contributed by atoms with Crippen molar-refractivity contribution in [1.29, 1.82) is 0 Å². The van der Waals surface area contributed by atoms with E-state index in [2.05, 4.69) is 0 Å². The highest BCUT2D eigenvalue weighted by Crippen LogP contribution is 2.30. The number of amides is 2. The van der Waals surface area contributed by atoms with E-state index in [9.17, 15) is 22.8 Å². The summed E-state index contributed by atoms with van der Waals surface area (Å²) in [5.41, 5.74) is -0.00223. The first-order valence-corrected chi connectivity index (χ1v) is 9.25. The molecule has 1 aliphatic rings. The molecule has 5 nitrogen and oxygen atoms in total. The second kappa shape index (κ2) is 8.14. The highest BCUT2D eigenvalue weighted by molar-refractivity contribution is 6.03. The molecule has 1 saturated heterocycles. The molecule has 8 heteroatoms. The number of rotatable bonds is 4. The van der Waals surface area contributed by atoms with Crippen molar-refractivity contribution < 1.29 is 27.5 Å². The summed E-state index contributed by atoms with van der Waals surface area (Å²) in [6.07, 6.45) is -4.46. The fraction of sp³-hybridized carbons (Fsp3) is 0.333. The minimum atomic E-state index is -4.46. The number of hydrogen-bond donors (Lipinski definition) is 0. The summed E-state index contributed by atoms with van der Waals surface area (Å²) in [5.74, 6) is -0.0144. The molecule has 1 heterocycles. The molecular weight excluding hydrogens is 385 g/mol. The zero-order valence-electron chi connectivity index (χ0n) is 16.1. The van der Waals surface area contributed by atoms with Gasteiger partial charge in [-0.2, -0.15) is 13.2 Å². The summed E-state index contributed by atoms with van der Waals surface area (Å²) < 4.78 is 43.5. The average Bonchev–Trinajstić information content (AvgIpc) is 2.70. The summed E-state index contributed by atoms with van der Waals surface area (Å²) in [6, 6.07) is 10.4. The van der Waals surface area contributed by atoms with Crippen molar-refractivity contribution in [3.05, 3.63) is 59.7 Å². The third kappa shape index (κ3) is 4.36. The van der Waals surface area contributed by atoms with E-state index < -0.39 is 23.7 Å². The average molecular weight is 406 g/mol. The van der Waals surface area contributed by atoms with Crippen LogP contribution in [-0.4, -0.2) is 42.5 Å². The van der Waals surface area contributed by atoms with Crippen LogP contribution in [0.4, 0.5) is 18.9 Å². The SMILES string of the molecule is CCOc1ccc(N2CCN(C(=O)c3ccc(C(F)(F)F)cc3)[C@@H](C)C2=O)cc1. The molecule has 2 aromatic rings. The monoisotopic (exact) mass is 406 g/mol. The molecule has 0 spiro atoms. The number of alkyl halides is 3. The number of nitrogens with zero attached hydrogens (tertiary/aromatic N) is 2. The van der Waals surface area contributed by atoms with E-state index in [-0.39, 0.29) is 18.0 Å². The van der Waals surface area contributed by atoms with E-state index in [4.69, 9.17) is 4.74 Å². The van der Waals surface area contributed by atoms with Crippen LogP contribution in [0.1, 0.15) is 29.8 Å². The van der Waals surface area contributed by atoms with E-state index >= 15 is 0 Å². The van der Waals surface area contributed by atoms with Gasteiger partial charge in [-0.25, -0.2) is 0 Å². The quantitative estimate of drug-likeness (QED) is 0.772. The van der Waals surface area contributed by atoms with Gasteiger partial charge in [-0.3, -0.25) is 9.59 Å². The first kappa shape index (κ1) is 20.7. The molecule has 154 valence electrons. The maximum absolute atomic E-state index is 12.8. The lowest BCUT2D eigenvalue weighted by Gasteiger charge is -2.39. The Labute approximate surface area is 166 Å². The van der Waals surface area contributed by atoms with E-state index in [0.29, 0.717) is 24.6 Å². The van der Waals surface area contributed by atoms with E-state index in [1.165, 1.54) is 4.90 Å². The van der Waals surface area contributed by atoms with Gasteiger partial charge >= 0.3 is 6.18 Å². The van der Waals surface area contributed by atoms with Gasteiger partial charge in [0.15, 0.2) is 0 Å². The van der Waals surface area contributed by atoms with Gasteiger partial charge in [0.1, 0.15) is 11.8 Å². The molecule has 1 atom stereocenters. The molecule has 0 aromatic heterocycles. The minimum Gasteiger partial charge on any atom is -0.494 e. The van der Waals surface area contributed by atoms with E-state index in [1.54, 1.807) is 36.1 Å². The summed E-state index contributed by atoms with van der Waals surface area (Å²) in [7, 11) is 0. The smallest absolute Gasteiger partial charge is 0.416 e. The topological polar surface area (TPSA) is 49.9 Å². The fourth-order valence-electron chi connectivity index (χ4n) is 3.26. The predicted molar refractivity (Wildman–Crippen MR) is 102 cm³/mol. The molecular formula is C21H21F3N2O3. The first-order chi connectivity index (χ1) is 13.7. The molecule has 0 bridgehead atoms. The van der Waals surface area contributed by atoms with Crippen molar-refractivity contribution in [2.24, 2.45) is 0 Å².